The number of aromatic nitrogens is 4. The molecule has 1 aromatic carbocycles. The molecule has 0 aliphatic heterocycles. The van der Waals surface area contributed by atoms with E-state index in [-0.39, 0.29) is 11.7 Å². The van der Waals surface area contributed by atoms with Gasteiger partial charge >= 0.3 is 0 Å². The lowest BCUT2D eigenvalue weighted by atomic mass is 9.97. The summed E-state index contributed by atoms with van der Waals surface area (Å²) < 4.78 is 1.90. The monoisotopic (exact) mass is 443 g/mol. The lowest BCUT2D eigenvalue weighted by Gasteiger charge is -2.10. The molecular weight excluding hydrogens is 426 g/mol. The summed E-state index contributed by atoms with van der Waals surface area (Å²) in [6, 6.07) is 5.47. The summed E-state index contributed by atoms with van der Waals surface area (Å²) in [6.07, 6.45) is 6.42. The smallest absolute Gasteiger partial charge is 0.234 e. The van der Waals surface area contributed by atoms with Crippen molar-refractivity contribution >= 4 is 62.2 Å². The maximum absolute atomic E-state index is 12.4. The van der Waals surface area contributed by atoms with Crippen molar-refractivity contribution in [1.29, 1.82) is 0 Å². The second kappa shape index (κ2) is 7.59. The summed E-state index contributed by atoms with van der Waals surface area (Å²) in [5.74, 6) is 0.117. The first-order chi connectivity index (χ1) is 14.1. The average molecular weight is 444 g/mol. The molecule has 6 nitrogen and oxygen atoms in total. The molecule has 0 saturated carbocycles. The van der Waals surface area contributed by atoms with Crippen molar-refractivity contribution in [3.63, 3.8) is 0 Å². The Morgan fingerprint density at radius 1 is 1.31 bits per heavy atom. The minimum atomic E-state index is -0.112. The van der Waals surface area contributed by atoms with Gasteiger partial charge in [-0.2, -0.15) is 0 Å². The first-order valence-corrected chi connectivity index (χ1v) is 11.6. The summed E-state index contributed by atoms with van der Waals surface area (Å²) in [6.45, 7) is 1.88. The van der Waals surface area contributed by atoms with Crippen molar-refractivity contribution in [2.75, 3.05) is 11.1 Å². The number of hydrogen-bond acceptors (Lipinski definition) is 6. The Kier molecular flexibility index (Phi) is 4.93. The van der Waals surface area contributed by atoms with E-state index in [1.54, 1.807) is 23.7 Å². The molecule has 3 heterocycles. The van der Waals surface area contributed by atoms with Gasteiger partial charge in [-0.1, -0.05) is 29.4 Å². The normalized spacial score (nSPS) is 13.7. The molecule has 1 aliphatic rings. The molecule has 9 heteroatoms. The summed E-state index contributed by atoms with van der Waals surface area (Å²) >= 11 is 9.25. The third-order valence-electron chi connectivity index (χ3n) is 5.21. The number of carbonyl (C=O) groups excluding carboxylic acids is 1. The molecule has 29 heavy (non-hydrogen) atoms. The van der Waals surface area contributed by atoms with E-state index in [1.807, 2.05) is 23.5 Å². The number of fused-ring (bicyclic) bond motifs is 5. The van der Waals surface area contributed by atoms with E-state index >= 15 is 0 Å². The van der Waals surface area contributed by atoms with Crippen molar-refractivity contribution in [3.8, 4) is 0 Å². The molecule has 0 atom stereocenters. The van der Waals surface area contributed by atoms with Crippen LogP contribution in [-0.2, 0) is 17.6 Å². The van der Waals surface area contributed by atoms with Gasteiger partial charge in [0.2, 0.25) is 5.91 Å². The van der Waals surface area contributed by atoms with Crippen LogP contribution in [-0.4, -0.2) is 31.2 Å². The van der Waals surface area contributed by atoms with Gasteiger partial charge in [-0.25, -0.2) is 4.98 Å². The number of halogens is 1. The second-order valence-corrected chi connectivity index (χ2v) is 9.49. The van der Waals surface area contributed by atoms with Crippen LogP contribution < -0.4 is 5.32 Å². The Hall–Kier alpha value is -2.16. The highest BCUT2D eigenvalue weighted by Crippen LogP contribution is 2.37. The van der Waals surface area contributed by atoms with Crippen molar-refractivity contribution in [3.05, 3.63) is 45.6 Å². The standard InChI is InChI=1S/C20H18ClN5OS2/c1-11-13(21)6-4-7-14(11)23-16(27)9-28-20-25-24-18-17-12-5-2-3-8-15(12)29-19(17)22-10-26(18)20/h4,6-7,10H,2-3,5,8-9H2,1H3,(H,23,27). The van der Waals surface area contributed by atoms with Crippen molar-refractivity contribution in [1.82, 2.24) is 19.6 Å². The van der Waals surface area contributed by atoms with Gasteiger partial charge in [0.1, 0.15) is 11.2 Å². The third-order valence-corrected chi connectivity index (χ3v) is 7.76. The van der Waals surface area contributed by atoms with Gasteiger partial charge in [-0.05, 0) is 55.9 Å². The van der Waals surface area contributed by atoms with Crippen LogP contribution in [0.15, 0.2) is 29.7 Å². The second-order valence-electron chi connectivity index (χ2n) is 7.06. The number of aryl methyl sites for hydroxylation is 2. The predicted molar refractivity (Wildman–Crippen MR) is 118 cm³/mol. The number of nitrogens with zero attached hydrogens (tertiary/aromatic N) is 4. The number of nitrogens with one attached hydrogen (secondary N) is 1. The van der Waals surface area contributed by atoms with E-state index in [0.717, 1.165) is 40.0 Å². The maximum atomic E-state index is 12.4. The first-order valence-electron chi connectivity index (χ1n) is 9.43. The zero-order chi connectivity index (χ0) is 20.0. The van der Waals surface area contributed by atoms with E-state index < -0.39 is 0 Å². The summed E-state index contributed by atoms with van der Waals surface area (Å²) in [5, 5.41) is 14.1. The number of carbonyl (C=O) groups is 1. The van der Waals surface area contributed by atoms with Crippen molar-refractivity contribution < 1.29 is 4.79 Å². The van der Waals surface area contributed by atoms with Gasteiger partial charge in [-0.3, -0.25) is 9.20 Å². The third kappa shape index (κ3) is 3.39. The fraction of sp³-hybridized carbons (Fsp3) is 0.300. The average Bonchev–Trinajstić information content (AvgIpc) is 3.30. The molecule has 0 fully saturated rings. The number of hydrogen-bond donors (Lipinski definition) is 1. The Balaban J connectivity index is 1.38. The Labute approximate surface area is 180 Å². The van der Waals surface area contributed by atoms with Gasteiger partial charge in [0, 0.05) is 15.6 Å². The number of anilines is 1. The molecule has 0 spiro atoms. The topological polar surface area (TPSA) is 72.2 Å². The molecule has 1 aliphatic carbocycles. The Bertz CT molecular complexity index is 1250. The molecule has 1 amide bonds. The van der Waals surface area contributed by atoms with E-state index in [1.165, 1.54) is 35.0 Å². The molecule has 1 N–H and O–H groups in total. The minimum absolute atomic E-state index is 0.112. The quantitative estimate of drug-likeness (QED) is 0.453. The molecule has 0 radical (unpaired) electrons. The number of thiophene rings is 1. The Morgan fingerprint density at radius 3 is 3.07 bits per heavy atom. The van der Waals surface area contributed by atoms with Crippen LogP contribution in [0, 0.1) is 6.92 Å². The van der Waals surface area contributed by atoms with Crippen LogP contribution in [0.4, 0.5) is 5.69 Å². The highest BCUT2D eigenvalue weighted by molar-refractivity contribution is 7.99. The number of rotatable bonds is 4. The largest absolute Gasteiger partial charge is 0.325 e. The molecule has 3 aromatic heterocycles. The fourth-order valence-corrected chi connectivity index (χ4v) is 5.79. The highest BCUT2D eigenvalue weighted by Gasteiger charge is 2.21. The van der Waals surface area contributed by atoms with Crippen LogP contribution in [0.1, 0.15) is 28.8 Å². The van der Waals surface area contributed by atoms with Gasteiger partial charge in [0.05, 0.1) is 11.1 Å². The zero-order valence-corrected chi connectivity index (χ0v) is 18.1. The predicted octanol–water partition coefficient (Wildman–Crippen LogP) is 4.91. The van der Waals surface area contributed by atoms with Gasteiger partial charge in [0.15, 0.2) is 10.8 Å². The van der Waals surface area contributed by atoms with Crippen LogP contribution in [0.3, 0.4) is 0 Å². The van der Waals surface area contributed by atoms with Crippen LogP contribution >= 0.6 is 34.7 Å². The van der Waals surface area contributed by atoms with Crippen LogP contribution in [0.2, 0.25) is 5.02 Å². The van der Waals surface area contributed by atoms with Gasteiger partial charge in [0.25, 0.3) is 0 Å². The molecule has 5 rings (SSSR count). The van der Waals surface area contributed by atoms with Gasteiger partial charge in [-0.15, -0.1) is 21.5 Å². The van der Waals surface area contributed by atoms with E-state index in [2.05, 4.69) is 20.5 Å². The number of benzene rings is 1. The summed E-state index contributed by atoms with van der Waals surface area (Å²) in [5.41, 5.74) is 3.80. The van der Waals surface area contributed by atoms with E-state index in [4.69, 9.17) is 11.6 Å². The fourth-order valence-electron chi connectivity index (χ4n) is 3.69. The van der Waals surface area contributed by atoms with Crippen LogP contribution in [0.25, 0.3) is 15.9 Å². The first kappa shape index (κ1) is 18.8. The van der Waals surface area contributed by atoms with E-state index in [0.29, 0.717) is 10.2 Å². The molecule has 4 aromatic rings. The summed E-state index contributed by atoms with van der Waals surface area (Å²) in [4.78, 5) is 19.5. The number of thioether (sulfide) groups is 1. The van der Waals surface area contributed by atoms with Crippen LogP contribution in [0.5, 0.6) is 0 Å². The Morgan fingerprint density at radius 2 is 2.17 bits per heavy atom. The zero-order valence-electron chi connectivity index (χ0n) is 15.7. The maximum Gasteiger partial charge on any atom is 0.234 e. The highest BCUT2D eigenvalue weighted by atomic mass is 35.5. The van der Waals surface area contributed by atoms with Crippen molar-refractivity contribution in [2.45, 2.75) is 37.8 Å². The number of amides is 1. The lowest BCUT2D eigenvalue weighted by Crippen LogP contribution is -2.15. The molecule has 148 valence electrons. The SMILES string of the molecule is Cc1c(Cl)cccc1NC(=O)CSc1nnc2c3c4c(sc3ncn12)CCCC4. The molecular formula is C20H18ClN5OS2. The molecule has 0 unspecified atom stereocenters. The lowest BCUT2D eigenvalue weighted by molar-refractivity contribution is -0.113. The molecule has 0 bridgehead atoms. The molecule has 0 saturated heterocycles. The van der Waals surface area contributed by atoms with Gasteiger partial charge < -0.3 is 5.32 Å². The summed E-state index contributed by atoms with van der Waals surface area (Å²) in [7, 11) is 0. The minimum Gasteiger partial charge on any atom is -0.325 e. The van der Waals surface area contributed by atoms with E-state index in [9.17, 15) is 4.79 Å². The van der Waals surface area contributed by atoms with Crippen molar-refractivity contribution in [2.24, 2.45) is 0 Å².